The second-order valence-corrected chi connectivity index (χ2v) is 17.3. The fourth-order valence-corrected chi connectivity index (χ4v) is 14.3. The highest BCUT2D eigenvalue weighted by molar-refractivity contribution is 9.10. The molecule has 0 aromatic heterocycles. The van der Waals surface area contributed by atoms with E-state index in [1.165, 1.54) is 95.7 Å². The monoisotopic (exact) mass is 642 g/mol. The van der Waals surface area contributed by atoms with Gasteiger partial charge in [0.1, 0.15) is 5.75 Å². The standard InChI is InChI=1S/C37H41BrOP2/c1-39-33-25-15-27-35(41(30-20-10-4-11-21-30)31-22-12-5-13-23-31)37(33)36-32(38)24-14-26-34(36)40(28-16-6-2-7-17-28)29-18-8-3-9-19-29/h4-5,10-15,20-29H,2-3,6-9,16-19H2,1H3. The predicted octanol–water partition coefficient (Wildman–Crippen LogP) is 9.66. The van der Waals surface area contributed by atoms with Crippen LogP contribution < -0.4 is 26.0 Å². The van der Waals surface area contributed by atoms with E-state index in [0.29, 0.717) is 0 Å². The minimum atomic E-state index is -0.779. The van der Waals surface area contributed by atoms with Crippen LogP contribution in [0.25, 0.3) is 11.1 Å². The van der Waals surface area contributed by atoms with Gasteiger partial charge >= 0.3 is 0 Å². The summed E-state index contributed by atoms with van der Waals surface area (Å²) in [5.74, 6) is 0.984. The van der Waals surface area contributed by atoms with E-state index in [9.17, 15) is 0 Å². The van der Waals surface area contributed by atoms with Gasteiger partial charge in [-0.25, -0.2) is 0 Å². The van der Waals surface area contributed by atoms with Crippen molar-refractivity contribution in [2.75, 3.05) is 7.11 Å². The van der Waals surface area contributed by atoms with Crippen molar-refractivity contribution in [2.24, 2.45) is 0 Å². The molecule has 0 heterocycles. The zero-order valence-electron chi connectivity index (χ0n) is 24.1. The van der Waals surface area contributed by atoms with E-state index in [0.717, 1.165) is 17.1 Å². The van der Waals surface area contributed by atoms with Crippen LogP contribution in [0.2, 0.25) is 0 Å². The number of methoxy groups -OCH3 is 1. The van der Waals surface area contributed by atoms with E-state index < -0.39 is 7.92 Å². The molecule has 0 bridgehead atoms. The maximum atomic E-state index is 6.24. The summed E-state index contributed by atoms with van der Waals surface area (Å²) < 4.78 is 7.44. The normalized spacial score (nSPS) is 16.8. The van der Waals surface area contributed by atoms with Gasteiger partial charge in [-0.1, -0.05) is 147 Å². The molecule has 4 aromatic rings. The Morgan fingerprint density at radius 2 is 1.07 bits per heavy atom. The molecule has 4 aromatic carbocycles. The van der Waals surface area contributed by atoms with Gasteiger partial charge in [-0.2, -0.15) is 0 Å². The molecule has 0 atom stereocenters. The maximum absolute atomic E-state index is 6.24. The Bertz CT molecular complexity index is 1350. The van der Waals surface area contributed by atoms with Gasteiger partial charge in [0.05, 0.1) is 7.11 Å². The molecule has 41 heavy (non-hydrogen) atoms. The lowest BCUT2D eigenvalue weighted by atomic mass is 9.99. The molecule has 4 heteroatoms. The van der Waals surface area contributed by atoms with E-state index in [2.05, 4.69) is 113 Å². The van der Waals surface area contributed by atoms with E-state index in [1.807, 2.05) is 7.11 Å². The van der Waals surface area contributed by atoms with Crippen molar-refractivity contribution in [2.45, 2.75) is 75.5 Å². The lowest BCUT2D eigenvalue weighted by Crippen LogP contribution is -2.29. The maximum Gasteiger partial charge on any atom is 0.127 e. The van der Waals surface area contributed by atoms with Crippen molar-refractivity contribution in [1.82, 2.24) is 0 Å². The number of benzene rings is 4. The SMILES string of the molecule is COc1cccc(P(c2ccccc2)c2ccccc2)c1-c1c(Br)cccc1P(C1CCCCC1)C1CCCCC1. The van der Waals surface area contributed by atoms with Gasteiger partial charge in [-0.3, -0.25) is 0 Å². The molecule has 2 fully saturated rings. The first-order valence-corrected chi connectivity index (χ1v) is 19.0. The summed E-state index contributed by atoms with van der Waals surface area (Å²) in [6.45, 7) is 0. The van der Waals surface area contributed by atoms with Gasteiger partial charge in [0.25, 0.3) is 0 Å². The Hall–Kier alpha value is -1.98. The summed E-state index contributed by atoms with van der Waals surface area (Å²) in [7, 11) is 0.777. The van der Waals surface area contributed by atoms with Crippen LogP contribution in [0.1, 0.15) is 64.2 Å². The van der Waals surface area contributed by atoms with Crippen molar-refractivity contribution < 1.29 is 4.74 Å². The molecule has 0 spiro atoms. The first-order valence-electron chi connectivity index (χ1n) is 15.4. The molecule has 0 saturated heterocycles. The smallest absolute Gasteiger partial charge is 0.127 e. The zero-order chi connectivity index (χ0) is 28.0. The average Bonchev–Trinajstić information content (AvgIpc) is 3.04. The molecule has 0 N–H and O–H groups in total. The Morgan fingerprint density at radius 1 is 0.561 bits per heavy atom. The number of ether oxygens (including phenoxy) is 1. The quantitative estimate of drug-likeness (QED) is 0.174. The second-order valence-electron chi connectivity index (χ2n) is 11.5. The Labute approximate surface area is 257 Å². The minimum Gasteiger partial charge on any atom is -0.496 e. The third kappa shape index (κ3) is 6.37. The summed E-state index contributed by atoms with van der Waals surface area (Å²) in [5.41, 5.74) is 4.34. The van der Waals surface area contributed by atoms with Crippen molar-refractivity contribution >= 4 is 53.0 Å². The molecule has 6 rings (SSSR count). The van der Waals surface area contributed by atoms with E-state index in [4.69, 9.17) is 4.74 Å². The van der Waals surface area contributed by atoms with Crippen LogP contribution in [0.4, 0.5) is 0 Å². The largest absolute Gasteiger partial charge is 0.496 e. The van der Waals surface area contributed by atoms with Crippen molar-refractivity contribution in [3.8, 4) is 16.9 Å². The summed E-state index contributed by atoms with van der Waals surface area (Å²) >= 11 is 4.12. The fourth-order valence-electron chi connectivity index (χ4n) is 7.09. The van der Waals surface area contributed by atoms with Gasteiger partial charge in [0, 0.05) is 15.6 Å². The Kier molecular flexibility index (Phi) is 9.94. The number of rotatable bonds is 8. The van der Waals surface area contributed by atoms with Crippen LogP contribution in [0.5, 0.6) is 5.75 Å². The lowest BCUT2D eigenvalue weighted by molar-refractivity contribution is 0.417. The van der Waals surface area contributed by atoms with Crippen molar-refractivity contribution in [3.05, 3.63) is 102 Å². The van der Waals surface area contributed by atoms with Gasteiger partial charge in [0.15, 0.2) is 0 Å². The first-order chi connectivity index (χ1) is 20.3. The number of hydrogen-bond acceptors (Lipinski definition) is 1. The van der Waals surface area contributed by atoms with Crippen LogP contribution in [0.15, 0.2) is 102 Å². The molecule has 2 aliphatic carbocycles. The molecule has 2 saturated carbocycles. The molecule has 0 unspecified atom stereocenters. The summed E-state index contributed by atoms with van der Waals surface area (Å²) in [6.07, 6.45) is 14.0. The van der Waals surface area contributed by atoms with Gasteiger partial charge < -0.3 is 4.74 Å². The Balaban J connectivity index is 1.59. The predicted molar refractivity (Wildman–Crippen MR) is 185 cm³/mol. The molecular weight excluding hydrogens is 602 g/mol. The highest BCUT2D eigenvalue weighted by Crippen LogP contribution is 2.57. The number of halogens is 1. The highest BCUT2D eigenvalue weighted by atomic mass is 79.9. The highest BCUT2D eigenvalue weighted by Gasteiger charge is 2.35. The lowest BCUT2D eigenvalue weighted by Gasteiger charge is -2.40. The third-order valence-corrected chi connectivity index (χ3v) is 15.6. The average molecular weight is 644 g/mol. The molecule has 212 valence electrons. The molecule has 0 radical (unpaired) electrons. The molecule has 2 aliphatic rings. The van der Waals surface area contributed by atoms with E-state index in [1.54, 1.807) is 5.30 Å². The second kappa shape index (κ2) is 14.0. The molecule has 0 amide bonds. The fraction of sp³-hybridized carbons (Fsp3) is 0.351. The van der Waals surface area contributed by atoms with Crippen LogP contribution in [-0.4, -0.2) is 18.4 Å². The van der Waals surface area contributed by atoms with E-state index >= 15 is 0 Å². The molecule has 0 aliphatic heterocycles. The molecule has 1 nitrogen and oxygen atoms in total. The summed E-state index contributed by atoms with van der Waals surface area (Å²) in [4.78, 5) is 0. The third-order valence-electron chi connectivity index (χ3n) is 8.95. The number of hydrogen-bond donors (Lipinski definition) is 0. The Morgan fingerprint density at radius 3 is 1.61 bits per heavy atom. The zero-order valence-corrected chi connectivity index (χ0v) is 27.5. The van der Waals surface area contributed by atoms with Crippen LogP contribution in [0, 0.1) is 0 Å². The van der Waals surface area contributed by atoms with Crippen molar-refractivity contribution in [1.29, 1.82) is 0 Å². The van der Waals surface area contributed by atoms with Crippen LogP contribution in [0.3, 0.4) is 0 Å². The minimum absolute atomic E-state index is 0.289. The van der Waals surface area contributed by atoms with E-state index in [-0.39, 0.29) is 7.92 Å². The van der Waals surface area contributed by atoms with Crippen LogP contribution in [-0.2, 0) is 0 Å². The molecular formula is C37H41BrOP2. The van der Waals surface area contributed by atoms with Gasteiger partial charge in [-0.15, -0.1) is 0 Å². The summed E-state index contributed by atoms with van der Waals surface area (Å²) in [6, 6.07) is 36.0. The van der Waals surface area contributed by atoms with Gasteiger partial charge in [0.2, 0.25) is 0 Å². The van der Waals surface area contributed by atoms with Gasteiger partial charge in [-0.05, 0) is 78.3 Å². The summed E-state index contributed by atoms with van der Waals surface area (Å²) in [5, 5.41) is 5.74. The van der Waals surface area contributed by atoms with Crippen molar-refractivity contribution in [3.63, 3.8) is 0 Å². The topological polar surface area (TPSA) is 9.23 Å². The van der Waals surface area contributed by atoms with Crippen LogP contribution >= 0.6 is 31.8 Å². The first kappa shape index (κ1) is 29.1.